The molecule has 1 heteroatoms. The quantitative estimate of drug-likeness (QED) is 0.163. The van der Waals surface area contributed by atoms with Crippen molar-refractivity contribution in [3.05, 3.63) is 187 Å². The number of nitrogens with zero attached hydrogens (tertiary/aromatic N) is 1. The van der Waals surface area contributed by atoms with Crippen LogP contribution in [0, 0.1) is 5.41 Å². The predicted octanol–water partition coefficient (Wildman–Crippen LogP) is 14.4. The molecule has 1 aliphatic rings. The summed E-state index contributed by atoms with van der Waals surface area (Å²) in [7, 11) is 0. The summed E-state index contributed by atoms with van der Waals surface area (Å²) in [6.07, 6.45) is 0. The fraction of sp³-hybridized carbons (Fsp3) is 0.176. The number of hydrogen-bond acceptors (Lipinski definition) is 1. The van der Waals surface area contributed by atoms with E-state index in [2.05, 4.69) is 222 Å². The standard InChI is InChI=1S/C51H47N/c1-49(2)47-34-45(40-20-14-9-15-21-40)46(35-48(47)50(3,4)51(49,5)6)41-26-32-44(33-27-41)52(42-28-22-38(23-29-42)36-16-10-7-11-17-36)43-30-24-39(25-31-43)37-18-12-8-13-19-37/h7-35H,1-6H3. The largest absolute Gasteiger partial charge is 0.311 e. The van der Waals surface area contributed by atoms with Crippen molar-refractivity contribution in [3.8, 4) is 44.5 Å². The summed E-state index contributed by atoms with van der Waals surface area (Å²) in [5.41, 5.74) is 16.3. The predicted molar refractivity (Wildman–Crippen MR) is 223 cm³/mol. The highest BCUT2D eigenvalue weighted by molar-refractivity contribution is 5.87. The van der Waals surface area contributed by atoms with Crippen LogP contribution in [0.2, 0.25) is 0 Å². The Morgan fingerprint density at radius 3 is 0.923 bits per heavy atom. The van der Waals surface area contributed by atoms with E-state index in [0.717, 1.165) is 17.1 Å². The second-order valence-corrected chi connectivity index (χ2v) is 15.9. The third-order valence-corrected chi connectivity index (χ3v) is 12.6. The van der Waals surface area contributed by atoms with E-state index in [1.165, 1.54) is 55.6 Å². The van der Waals surface area contributed by atoms with Crippen LogP contribution in [0.3, 0.4) is 0 Å². The summed E-state index contributed by atoms with van der Waals surface area (Å²) in [5.74, 6) is 0. The molecule has 7 aromatic carbocycles. The molecule has 7 aromatic rings. The van der Waals surface area contributed by atoms with Crippen LogP contribution in [-0.4, -0.2) is 0 Å². The normalized spacial score (nSPS) is 15.2. The average molecular weight is 674 g/mol. The number of benzene rings is 7. The van der Waals surface area contributed by atoms with E-state index >= 15 is 0 Å². The fourth-order valence-electron chi connectivity index (χ4n) is 8.29. The lowest BCUT2D eigenvalue weighted by Crippen LogP contribution is -2.42. The number of rotatable bonds is 7. The van der Waals surface area contributed by atoms with Crippen molar-refractivity contribution in [2.75, 3.05) is 4.90 Å². The van der Waals surface area contributed by atoms with Crippen LogP contribution in [0.15, 0.2) is 176 Å². The molecule has 256 valence electrons. The van der Waals surface area contributed by atoms with Crippen molar-refractivity contribution in [3.63, 3.8) is 0 Å². The van der Waals surface area contributed by atoms with E-state index in [0.29, 0.717) is 0 Å². The lowest BCUT2D eigenvalue weighted by Gasteiger charge is -2.44. The second-order valence-electron chi connectivity index (χ2n) is 15.9. The van der Waals surface area contributed by atoms with Crippen molar-refractivity contribution in [2.45, 2.75) is 52.4 Å². The topological polar surface area (TPSA) is 3.24 Å². The summed E-state index contributed by atoms with van der Waals surface area (Å²) >= 11 is 0. The van der Waals surface area contributed by atoms with Crippen LogP contribution in [0.4, 0.5) is 17.1 Å². The summed E-state index contributed by atoms with van der Waals surface area (Å²) < 4.78 is 0. The van der Waals surface area contributed by atoms with Gasteiger partial charge >= 0.3 is 0 Å². The van der Waals surface area contributed by atoms with Gasteiger partial charge in [-0.3, -0.25) is 0 Å². The van der Waals surface area contributed by atoms with Gasteiger partial charge in [-0.1, -0.05) is 169 Å². The van der Waals surface area contributed by atoms with E-state index < -0.39 is 0 Å². The Kier molecular flexibility index (Phi) is 8.26. The van der Waals surface area contributed by atoms with Crippen LogP contribution < -0.4 is 4.90 Å². The highest BCUT2D eigenvalue weighted by Crippen LogP contribution is 2.62. The number of hydrogen-bond donors (Lipinski definition) is 0. The van der Waals surface area contributed by atoms with Crippen molar-refractivity contribution in [1.29, 1.82) is 0 Å². The molecule has 0 saturated heterocycles. The van der Waals surface area contributed by atoms with Crippen LogP contribution in [0.25, 0.3) is 44.5 Å². The lowest BCUT2D eigenvalue weighted by atomic mass is 9.59. The monoisotopic (exact) mass is 673 g/mol. The Morgan fingerprint density at radius 1 is 0.308 bits per heavy atom. The minimum absolute atomic E-state index is 0.0182. The van der Waals surface area contributed by atoms with Gasteiger partial charge < -0.3 is 4.90 Å². The maximum absolute atomic E-state index is 2.51. The average Bonchev–Trinajstić information content (AvgIpc) is 3.29. The molecule has 52 heavy (non-hydrogen) atoms. The van der Waals surface area contributed by atoms with Gasteiger partial charge in [0.05, 0.1) is 0 Å². The van der Waals surface area contributed by atoms with E-state index in [1.54, 1.807) is 0 Å². The van der Waals surface area contributed by atoms with Crippen LogP contribution >= 0.6 is 0 Å². The minimum Gasteiger partial charge on any atom is -0.311 e. The van der Waals surface area contributed by atoms with Crippen LogP contribution in [0.5, 0.6) is 0 Å². The molecule has 8 rings (SSSR count). The van der Waals surface area contributed by atoms with Gasteiger partial charge in [-0.2, -0.15) is 0 Å². The molecule has 0 bridgehead atoms. The van der Waals surface area contributed by atoms with Gasteiger partial charge in [-0.25, -0.2) is 0 Å². The molecule has 0 fully saturated rings. The van der Waals surface area contributed by atoms with Crippen molar-refractivity contribution in [2.24, 2.45) is 5.41 Å². The van der Waals surface area contributed by atoms with E-state index in [9.17, 15) is 0 Å². The Morgan fingerprint density at radius 2 is 0.577 bits per heavy atom. The van der Waals surface area contributed by atoms with Gasteiger partial charge in [0.1, 0.15) is 0 Å². The Balaban J connectivity index is 1.23. The molecule has 0 atom stereocenters. The zero-order chi connectivity index (χ0) is 36.1. The first-order valence-corrected chi connectivity index (χ1v) is 18.5. The molecular weight excluding hydrogens is 627 g/mol. The highest BCUT2D eigenvalue weighted by atomic mass is 15.1. The maximum atomic E-state index is 2.51. The van der Waals surface area contributed by atoms with Crippen LogP contribution in [-0.2, 0) is 10.8 Å². The van der Waals surface area contributed by atoms with Gasteiger partial charge in [-0.05, 0) is 120 Å². The van der Waals surface area contributed by atoms with Crippen LogP contribution in [0.1, 0.15) is 52.7 Å². The van der Waals surface area contributed by atoms with Crippen molar-refractivity contribution < 1.29 is 0 Å². The molecule has 0 aliphatic heterocycles. The molecule has 0 saturated carbocycles. The first-order chi connectivity index (χ1) is 25.1. The summed E-state index contributed by atoms with van der Waals surface area (Å²) in [4.78, 5) is 2.36. The first kappa shape index (κ1) is 33.5. The van der Waals surface area contributed by atoms with Crippen molar-refractivity contribution >= 4 is 17.1 Å². The number of fused-ring (bicyclic) bond motifs is 1. The second kappa shape index (κ2) is 12.8. The SMILES string of the molecule is CC1(C)c2cc(-c3ccccc3)c(-c3ccc(N(c4ccc(-c5ccccc5)cc4)c4ccc(-c5ccccc5)cc4)cc3)cc2C(C)(C)C1(C)C. The Hall–Kier alpha value is -5.66. The van der Waals surface area contributed by atoms with Gasteiger partial charge in [0.25, 0.3) is 0 Å². The zero-order valence-electron chi connectivity index (χ0n) is 31.2. The summed E-state index contributed by atoms with van der Waals surface area (Å²) in [6, 6.07) is 64.1. The van der Waals surface area contributed by atoms with Gasteiger partial charge in [-0.15, -0.1) is 0 Å². The van der Waals surface area contributed by atoms with E-state index in [4.69, 9.17) is 0 Å². The third-order valence-electron chi connectivity index (χ3n) is 12.6. The summed E-state index contributed by atoms with van der Waals surface area (Å²) in [6.45, 7) is 14.6. The van der Waals surface area contributed by atoms with Gasteiger partial charge in [0.2, 0.25) is 0 Å². The highest BCUT2D eigenvalue weighted by Gasteiger charge is 2.57. The molecule has 1 nitrogen and oxygen atoms in total. The Labute approximate surface area is 310 Å². The third kappa shape index (κ3) is 5.56. The maximum Gasteiger partial charge on any atom is 0.0462 e. The number of anilines is 3. The molecule has 0 amide bonds. The lowest BCUT2D eigenvalue weighted by molar-refractivity contribution is 0.125. The van der Waals surface area contributed by atoms with Gasteiger partial charge in [0, 0.05) is 17.1 Å². The zero-order valence-corrected chi connectivity index (χ0v) is 31.2. The molecule has 0 unspecified atom stereocenters. The molecular formula is C51H47N. The smallest absolute Gasteiger partial charge is 0.0462 e. The molecule has 0 heterocycles. The van der Waals surface area contributed by atoms with E-state index in [1.807, 2.05) is 0 Å². The minimum atomic E-state index is 0.0182. The fourth-order valence-corrected chi connectivity index (χ4v) is 8.29. The van der Waals surface area contributed by atoms with Gasteiger partial charge in [0.15, 0.2) is 0 Å². The molecule has 0 aromatic heterocycles. The molecule has 0 radical (unpaired) electrons. The summed E-state index contributed by atoms with van der Waals surface area (Å²) in [5, 5.41) is 0. The molecule has 1 aliphatic carbocycles. The molecule has 0 N–H and O–H groups in total. The van der Waals surface area contributed by atoms with E-state index in [-0.39, 0.29) is 16.2 Å². The Bertz CT molecular complexity index is 2230. The first-order valence-electron chi connectivity index (χ1n) is 18.5. The molecule has 0 spiro atoms. The van der Waals surface area contributed by atoms with Crippen molar-refractivity contribution in [1.82, 2.24) is 0 Å².